The SMILES string of the molecule is CCOC(=O)/C=C(\C(=O)c1ccccc1)C(F)(F)C(F)(F)F. The summed E-state index contributed by atoms with van der Waals surface area (Å²) in [5, 5.41) is 0. The van der Waals surface area contributed by atoms with Crippen LogP contribution in [0.25, 0.3) is 0 Å². The molecule has 0 aliphatic carbocycles. The monoisotopic (exact) mass is 322 g/mol. The highest BCUT2D eigenvalue weighted by Crippen LogP contribution is 2.42. The molecule has 0 aliphatic rings. The lowest BCUT2D eigenvalue weighted by atomic mass is 9.97. The van der Waals surface area contributed by atoms with E-state index in [1.807, 2.05) is 0 Å². The van der Waals surface area contributed by atoms with Crippen molar-refractivity contribution in [3.8, 4) is 0 Å². The summed E-state index contributed by atoms with van der Waals surface area (Å²) in [6, 6.07) is 6.16. The highest BCUT2D eigenvalue weighted by Gasteiger charge is 2.62. The van der Waals surface area contributed by atoms with Crippen LogP contribution in [0, 0.1) is 0 Å². The Labute approximate surface area is 122 Å². The van der Waals surface area contributed by atoms with Crippen molar-refractivity contribution >= 4 is 11.8 Å². The molecule has 120 valence electrons. The molecule has 22 heavy (non-hydrogen) atoms. The number of ether oxygens (including phenoxy) is 1. The zero-order valence-corrected chi connectivity index (χ0v) is 11.3. The van der Waals surface area contributed by atoms with Crippen molar-refractivity contribution in [2.45, 2.75) is 19.0 Å². The number of allylic oxidation sites excluding steroid dienone is 1. The Bertz CT molecular complexity index is 576. The minimum absolute atomic E-state index is 0.119. The summed E-state index contributed by atoms with van der Waals surface area (Å²) in [6.45, 7) is 1.10. The second-order valence-electron chi connectivity index (χ2n) is 4.08. The van der Waals surface area contributed by atoms with Gasteiger partial charge in [-0.05, 0) is 6.92 Å². The summed E-state index contributed by atoms with van der Waals surface area (Å²) >= 11 is 0. The molecule has 1 aromatic rings. The predicted molar refractivity (Wildman–Crippen MR) is 66.5 cm³/mol. The Balaban J connectivity index is 3.35. The molecule has 0 saturated heterocycles. The molecule has 0 bridgehead atoms. The number of rotatable bonds is 5. The first-order chi connectivity index (χ1) is 10.1. The van der Waals surface area contributed by atoms with Crippen LogP contribution in [0.3, 0.4) is 0 Å². The Kier molecular flexibility index (Phi) is 5.40. The van der Waals surface area contributed by atoms with Crippen molar-refractivity contribution in [2.75, 3.05) is 6.61 Å². The normalized spacial score (nSPS) is 12.9. The Morgan fingerprint density at radius 1 is 1.09 bits per heavy atom. The van der Waals surface area contributed by atoms with Gasteiger partial charge >= 0.3 is 18.1 Å². The number of hydrogen-bond donors (Lipinski definition) is 0. The van der Waals surface area contributed by atoms with Crippen molar-refractivity contribution in [1.29, 1.82) is 0 Å². The number of benzene rings is 1. The third-order valence-electron chi connectivity index (χ3n) is 2.52. The molecular formula is C14H11F5O3. The van der Waals surface area contributed by atoms with E-state index in [-0.39, 0.29) is 12.7 Å². The molecule has 0 N–H and O–H groups in total. The van der Waals surface area contributed by atoms with Gasteiger partial charge in [0, 0.05) is 11.6 Å². The molecule has 0 spiro atoms. The minimum Gasteiger partial charge on any atom is -0.463 e. The number of Topliss-reactive ketones (excluding diaryl/α,β-unsaturated/α-hetero) is 1. The topological polar surface area (TPSA) is 43.4 Å². The zero-order chi connectivity index (χ0) is 17.0. The van der Waals surface area contributed by atoms with Crippen LogP contribution in [0.15, 0.2) is 42.0 Å². The summed E-state index contributed by atoms with van der Waals surface area (Å²) < 4.78 is 68.8. The first-order valence-electron chi connectivity index (χ1n) is 6.04. The molecule has 0 saturated carbocycles. The lowest BCUT2D eigenvalue weighted by Crippen LogP contribution is -2.41. The van der Waals surface area contributed by atoms with E-state index in [1.165, 1.54) is 25.1 Å². The summed E-state index contributed by atoms with van der Waals surface area (Å²) in [6.07, 6.45) is -6.14. The number of hydrogen-bond acceptors (Lipinski definition) is 3. The van der Waals surface area contributed by atoms with Gasteiger partial charge in [0.1, 0.15) is 0 Å². The molecular weight excluding hydrogens is 311 g/mol. The van der Waals surface area contributed by atoms with Gasteiger partial charge in [0.05, 0.1) is 12.2 Å². The molecule has 3 nitrogen and oxygen atoms in total. The molecule has 0 aromatic heterocycles. The Hall–Kier alpha value is -2.25. The van der Waals surface area contributed by atoms with Crippen LogP contribution in [-0.2, 0) is 9.53 Å². The first-order valence-corrected chi connectivity index (χ1v) is 6.04. The van der Waals surface area contributed by atoms with Gasteiger partial charge in [-0.2, -0.15) is 22.0 Å². The quantitative estimate of drug-likeness (QED) is 0.360. The van der Waals surface area contributed by atoms with Gasteiger partial charge in [-0.25, -0.2) is 4.79 Å². The van der Waals surface area contributed by atoms with Crippen molar-refractivity contribution < 1.29 is 36.3 Å². The van der Waals surface area contributed by atoms with Gasteiger partial charge in [-0.15, -0.1) is 0 Å². The number of halogens is 5. The van der Waals surface area contributed by atoms with E-state index in [4.69, 9.17) is 0 Å². The lowest BCUT2D eigenvalue weighted by molar-refractivity contribution is -0.262. The number of alkyl halides is 5. The standard InChI is InChI=1S/C14H11F5O3/c1-2-22-11(20)8-10(13(15,16)14(17,18)19)12(21)9-6-4-3-5-7-9/h3-8H,2H2,1H3/b10-8+. The Morgan fingerprint density at radius 2 is 1.64 bits per heavy atom. The predicted octanol–water partition coefficient (Wildman–Crippen LogP) is 3.56. The molecule has 0 amide bonds. The van der Waals surface area contributed by atoms with Crippen molar-refractivity contribution in [3.63, 3.8) is 0 Å². The summed E-state index contributed by atoms with van der Waals surface area (Å²) in [4.78, 5) is 23.1. The van der Waals surface area contributed by atoms with Crippen molar-refractivity contribution in [1.82, 2.24) is 0 Å². The van der Waals surface area contributed by atoms with Crippen LogP contribution in [-0.4, -0.2) is 30.5 Å². The number of ketones is 1. The van der Waals surface area contributed by atoms with Gasteiger partial charge in [-0.3, -0.25) is 4.79 Å². The van der Waals surface area contributed by atoms with Gasteiger partial charge in [0.25, 0.3) is 0 Å². The first kappa shape index (κ1) is 17.8. The molecule has 0 atom stereocenters. The van der Waals surface area contributed by atoms with Gasteiger partial charge < -0.3 is 4.74 Å². The minimum atomic E-state index is -6.02. The number of esters is 1. The van der Waals surface area contributed by atoms with Gasteiger partial charge in [0.15, 0.2) is 5.78 Å². The fourth-order valence-electron chi connectivity index (χ4n) is 1.50. The fourth-order valence-corrected chi connectivity index (χ4v) is 1.50. The molecule has 8 heteroatoms. The van der Waals surface area contributed by atoms with E-state index < -0.39 is 35.0 Å². The number of carbonyl (C=O) groups is 2. The second-order valence-corrected chi connectivity index (χ2v) is 4.08. The lowest BCUT2D eigenvalue weighted by Gasteiger charge is -2.21. The third kappa shape index (κ3) is 3.90. The fraction of sp³-hybridized carbons (Fsp3) is 0.286. The molecule has 0 unspecified atom stereocenters. The van der Waals surface area contributed by atoms with Crippen molar-refractivity contribution in [2.24, 2.45) is 0 Å². The van der Waals surface area contributed by atoms with Crippen LogP contribution in [0.1, 0.15) is 17.3 Å². The zero-order valence-electron chi connectivity index (χ0n) is 11.3. The summed E-state index contributed by atoms with van der Waals surface area (Å²) in [5.41, 5.74) is -2.38. The van der Waals surface area contributed by atoms with Gasteiger partial charge in [0.2, 0.25) is 0 Å². The number of carbonyl (C=O) groups excluding carboxylic acids is 2. The van der Waals surface area contributed by atoms with Crippen LogP contribution in [0.5, 0.6) is 0 Å². The highest BCUT2D eigenvalue weighted by molar-refractivity contribution is 6.12. The molecule has 0 radical (unpaired) electrons. The van der Waals surface area contributed by atoms with Crippen LogP contribution < -0.4 is 0 Å². The van der Waals surface area contributed by atoms with Crippen LogP contribution >= 0.6 is 0 Å². The molecule has 0 aliphatic heterocycles. The maximum absolute atomic E-state index is 13.5. The average Bonchev–Trinajstić information content (AvgIpc) is 2.44. The largest absolute Gasteiger partial charge is 0.463 e. The maximum atomic E-state index is 13.5. The van der Waals surface area contributed by atoms with Crippen LogP contribution in [0.4, 0.5) is 22.0 Å². The van der Waals surface area contributed by atoms with Gasteiger partial charge in [-0.1, -0.05) is 30.3 Å². The summed E-state index contributed by atoms with van der Waals surface area (Å²) in [5.74, 6) is -8.53. The molecule has 0 heterocycles. The van der Waals surface area contributed by atoms with E-state index in [1.54, 1.807) is 0 Å². The maximum Gasteiger partial charge on any atom is 0.458 e. The molecule has 1 aromatic carbocycles. The average molecular weight is 322 g/mol. The highest BCUT2D eigenvalue weighted by atomic mass is 19.4. The second kappa shape index (κ2) is 6.67. The van der Waals surface area contributed by atoms with E-state index in [0.717, 1.165) is 12.1 Å². The smallest absolute Gasteiger partial charge is 0.458 e. The van der Waals surface area contributed by atoms with Crippen LogP contribution in [0.2, 0.25) is 0 Å². The molecule has 1 rings (SSSR count). The third-order valence-corrected chi connectivity index (χ3v) is 2.52. The van der Waals surface area contributed by atoms with E-state index in [0.29, 0.717) is 0 Å². The molecule has 0 fully saturated rings. The van der Waals surface area contributed by atoms with E-state index >= 15 is 0 Å². The summed E-state index contributed by atoms with van der Waals surface area (Å²) in [7, 11) is 0. The van der Waals surface area contributed by atoms with E-state index in [9.17, 15) is 31.5 Å². The van der Waals surface area contributed by atoms with E-state index in [2.05, 4.69) is 4.74 Å². The van der Waals surface area contributed by atoms with Crippen molar-refractivity contribution in [3.05, 3.63) is 47.5 Å². The Morgan fingerprint density at radius 3 is 2.09 bits per heavy atom.